The fourth-order valence-corrected chi connectivity index (χ4v) is 1.77. The molecule has 1 aromatic carbocycles. The van der Waals surface area contributed by atoms with Gasteiger partial charge in [0.05, 0.1) is 7.11 Å². The predicted octanol–water partition coefficient (Wildman–Crippen LogP) is 1.87. The fraction of sp³-hybridized carbons (Fsp3) is 0.231. The third-order valence-electron chi connectivity index (χ3n) is 2.80. The van der Waals surface area contributed by atoms with Gasteiger partial charge in [-0.05, 0) is 31.2 Å². The Bertz CT molecular complexity index is 546. The molecule has 94 valence electrons. The molecule has 0 fully saturated rings. The summed E-state index contributed by atoms with van der Waals surface area (Å²) in [6.45, 7) is 1.77. The van der Waals surface area contributed by atoms with Gasteiger partial charge in [0, 0.05) is 23.6 Å². The first-order valence-corrected chi connectivity index (χ1v) is 5.60. The normalized spacial score (nSPS) is 12.1. The molecule has 2 rings (SSSR count). The van der Waals surface area contributed by atoms with Crippen LogP contribution in [0.4, 0.5) is 5.69 Å². The molecule has 0 aliphatic carbocycles. The number of benzene rings is 1. The van der Waals surface area contributed by atoms with E-state index in [0.29, 0.717) is 11.5 Å². The van der Waals surface area contributed by atoms with Crippen molar-refractivity contribution in [2.75, 3.05) is 12.8 Å². The molecular formula is C13H15N3O2. The van der Waals surface area contributed by atoms with Gasteiger partial charge in [-0.2, -0.15) is 0 Å². The number of esters is 1. The zero-order valence-corrected chi connectivity index (χ0v) is 10.3. The number of aromatic nitrogens is 2. The number of rotatable bonds is 3. The van der Waals surface area contributed by atoms with E-state index in [1.807, 2.05) is 12.1 Å². The highest BCUT2D eigenvalue weighted by molar-refractivity contribution is 5.74. The Hall–Kier alpha value is -2.30. The molecule has 2 N–H and O–H groups in total. The average molecular weight is 245 g/mol. The van der Waals surface area contributed by atoms with Crippen molar-refractivity contribution in [2.45, 2.75) is 13.0 Å². The maximum Gasteiger partial charge on any atom is 0.328 e. The minimum absolute atomic E-state index is 0.301. The van der Waals surface area contributed by atoms with Gasteiger partial charge in [-0.3, -0.25) is 0 Å². The summed E-state index contributed by atoms with van der Waals surface area (Å²) in [6.07, 6.45) is 3.42. The summed E-state index contributed by atoms with van der Waals surface area (Å²) >= 11 is 0. The van der Waals surface area contributed by atoms with E-state index in [9.17, 15) is 4.79 Å². The van der Waals surface area contributed by atoms with Gasteiger partial charge in [-0.15, -0.1) is 0 Å². The molecule has 0 aliphatic rings. The van der Waals surface area contributed by atoms with E-state index in [1.54, 1.807) is 36.0 Å². The van der Waals surface area contributed by atoms with E-state index in [-0.39, 0.29) is 5.97 Å². The van der Waals surface area contributed by atoms with Crippen molar-refractivity contribution in [2.24, 2.45) is 0 Å². The van der Waals surface area contributed by atoms with Crippen molar-refractivity contribution in [1.29, 1.82) is 0 Å². The smallest absolute Gasteiger partial charge is 0.328 e. The van der Waals surface area contributed by atoms with Gasteiger partial charge in [0.25, 0.3) is 0 Å². The standard InChI is InChI=1S/C13H15N3O2/c1-9(13(17)18-2)16-8-7-15-12(16)10-3-5-11(14)6-4-10/h3-9H,14H2,1-2H3. The van der Waals surface area contributed by atoms with Gasteiger partial charge in [-0.25, -0.2) is 9.78 Å². The zero-order chi connectivity index (χ0) is 13.1. The van der Waals surface area contributed by atoms with Gasteiger partial charge >= 0.3 is 5.97 Å². The molecule has 5 heteroatoms. The minimum Gasteiger partial charge on any atom is -0.467 e. The van der Waals surface area contributed by atoms with Crippen molar-refractivity contribution >= 4 is 11.7 Å². The first-order valence-electron chi connectivity index (χ1n) is 5.60. The molecule has 5 nitrogen and oxygen atoms in total. The second-order valence-corrected chi connectivity index (χ2v) is 3.98. The lowest BCUT2D eigenvalue weighted by Gasteiger charge is -2.14. The number of carbonyl (C=O) groups is 1. The van der Waals surface area contributed by atoms with Crippen LogP contribution in [-0.2, 0) is 9.53 Å². The van der Waals surface area contributed by atoms with Crippen molar-refractivity contribution in [3.63, 3.8) is 0 Å². The van der Waals surface area contributed by atoms with Crippen molar-refractivity contribution < 1.29 is 9.53 Å². The summed E-state index contributed by atoms with van der Waals surface area (Å²) in [5.74, 6) is 0.414. The molecule has 0 radical (unpaired) electrons. The Morgan fingerprint density at radius 1 is 1.39 bits per heavy atom. The largest absolute Gasteiger partial charge is 0.467 e. The number of nitrogens with zero attached hydrogens (tertiary/aromatic N) is 2. The van der Waals surface area contributed by atoms with Crippen molar-refractivity contribution in [3.05, 3.63) is 36.7 Å². The van der Waals surface area contributed by atoms with Gasteiger partial charge in [-0.1, -0.05) is 0 Å². The second kappa shape index (κ2) is 4.91. The van der Waals surface area contributed by atoms with Crippen LogP contribution in [0.5, 0.6) is 0 Å². The molecule has 0 bridgehead atoms. The molecular weight excluding hydrogens is 230 g/mol. The van der Waals surface area contributed by atoms with Crippen LogP contribution in [0.25, 0.3) is 11.4 Å². The summed E-state index contributed by atoms with van der Waals surface area (Å²) < 4.78 is 6.51. The molecule has 0 amide bonds. The Labute approximate surface area is 105 Å². The summed E-state index contributed by atoms with van der Waals surface area (Å²) in [6, 6.07) is 6.94. The van der Waals surface area contributed by atoms with E-state index in [4.69, 9.17) is 10.5 Å². The van der Waals surface area contributed by atoms with Crippen LogP contribution in [0.15, 0.2) is 36.7 Å². The van der Waals surface area contributed by atoms with Gasteiger partial charge in [0.15, 0.2) is 0 Å². The van der Waals surface area contributed by atoms with Crippen LogP contribution in [0.2, 0.25) is 0 Å². The molecule has 1 unspecified atom stereocenters. The Balaban J connectivity index is 2.38. The number of nitrogen functional groups attached to an aromatic ring is 1. The fourth-order valence-electron chi connectivity index (χ4n) is 1.77. The summed E-state index contributed by atoms with van der Waals surface area (Å²) in [5.41, 5.74) is 7.25. The van der Waals surface area contributed by atoms with Crippen LogP contribution in [0.1, 0.15) is 13.0 Å². The Morgan fingerprint density at radius 3 is 2.67 bits per heavy atom. The number of imidazole rings is 1. The molecule has 2 aromatic rings. The molecule has 0 saturated carbocycles. The number of carbonyl (C=O) groups excluding carboxylic acids is 1. The van der Waals surface area contributed by atoms with Crippen LogP contribution < -0.4 is 5.73 Å². The summed E-state index contributed by atoms with van der Waals surface area (Å²) in [4.78, 5) is 15.8. The monoisotopic (exact) mass is 245 g/mol. The van der Waals surface area contributed by atoms with E-state index in [2.05, 4.69) is 4.98 Å². The Kier molecular flexibility index (Phi) is 3.32. The summed E-state index contributed by atoms with van der Waals surface area (Å²) in [7, 11) is 1.37. The maximum absolute atomic E-state index is 11.6. The third kappa shape index (κ3) is 2.20. The van der Waals surface area contributed by atoms with Crippen molar-refractivity contribution in [3.8, 4) is 11.4 Å². The highest BCUT2D eigenvalue weighted by atomic mass is 16.5. The van der Waals surface area contributed by atoms with Crippen LogP contribution >= 0.6 is 0 Å². The first-order chi connectivity index (χ1) is 8.63. The summed E-state index contributed by atoms with van der Waals surface area (Å²) in [5, 5.41) is 0. The maximum atomic E-state index is 11.6. The van der Waals surface area contributed by atoms with Crippen LogP contribution in [-0.4, -0.2) is 22.6 Å². The second-order valence-electron chi connectivity index (χ2n) is 3.98. The molecule has 0 saturated heterocycles. The molecule has 1 heterocycles. The zero-order valence-electron chi connectivity index (χ0n) is 10.3. The van der Waals surface area contributed by atoms with Gasteiger partial charge in [0.1, 0.15) is 11.9 Å². The topological polar surface area (TPSA) is 70.1 Å². The van der Waals surface area contributed by atoms with E-state index in [0.717, 1.165) is 5.56 Å². The van der Waals surface area contributed by atoms with Crippen LogP contribution in [0.3, 0.4) is 0 Å². The van der Waals surface area contributed by atoms with Gasteiger partial charge in [0.2, 0.25) is 0 Å². The first kappa shape index (κ1) is 12.2. The SMILES string of the molecule is COC(=O)C(C)n1ccnc1-c1ccc(N)cc1. The third-order valence-corrected chi connectivity index (χ3v) is 2.80. The number of anilines is 1. The van der Waals surface area contributed by atoms with Gasteiger partial charge < -0.3 is 15.0 Å². The molecule has 0 spiro atoms. The lowest BCUT2D eigenvalue weighted by molar-refractivity contribution is -0.143. The minimum atomic E-state index is -0.412. The van der Waals surface area contributed by atoms with Crippen molar-refractivity contribution in [1.82, 2.24) is 9.55 Å². The lowest BCUT2D eigenvalue weighted by atomic mass is 10.2. The Morgan fingerprint density at radius 2 is 2.06 bits per heavy atom. The number of hydrogen-bond acceptors (Lipinski definition) is 4. The average Bonchev–Trinajstić information content (AvgIpc) is 2.87. The quantitative estimate of drug-likeness (QED) is 0.662. The lowest BCUT2D eigenvalue weighted by Crippen LogP contribution is -2.18. The highest BCUT2D eigenvalue weighted by Gasteiger charge is 2.18. The number of hydrogen-bond donors (Lipinski definition) is 1. The predicted molar refractivity (Wildman–Crippen MR) is 68.8 cm³/mol. The highest BCUT2D eigenvalue weighted by Crippen LogP contribution is 2.22. The molecule has 1 aromatic heterocycles. The molecule has 1 atom stereocenters. The molecule has 18 heavy (non-hydrogen) atoms. The number of ether oxygens (including phenoxy) is 1. The molecule has 0 aliphatic heterocycles. The van der Waals surface area contributed by atoms with Crippen LogP contribution in [0, 0.1) is 0 Å². The number of methoxy groups -OCH3 is 1. The van der Waals surface area contributed by atoms with E-state index in [1.165, 1.54) is 7.11 Å². The number of nitrogens with two attached hydrogens (primary N) is 1. The van der Waals surface area contributed by atoms with E-state index >= 15 is 0 Å². The van der Waals surface area contributed by atoms with E-state index < -0.39 is 6.04 Å².